The maximum atomic E-state index is 12.1. The van der Waals surface area contributed by atoms with E-state index in [-0.39, 0.29) is 4.83 Å². The summed E-state index contributed by atoms with van der Waals surface area (Å²) in [5, 5.41) is 5.75. The Kier molecular flexibility index (Phi) is 5.76. The van der Waals surface area contributed by atoms with Crippen LogP contribution >= 0.6 is 15.9 Å². The van der Waals surface area contributed by atoms with Gasteiger partial charge in [-0.25, -0.2) is 4.79 Å². The summed E-state index contributed by atoms with van der Waals surface area (Å²) in [4.78, 5) is 12.1. The van der Waals surface area contributed by atoms with E-state index in [1.54, 1.807) is 6.92 Å². The van der Waals surface area contributed by atoms with Crippen molar-refractivity contribution in [1.29, 1.82) is 0 Å². The number of nitrogens with zero attached hydrogens (tertiary/aromatic N) is 2. The maximum absolute atomic E-state index is 12.1. The minimum absolute atomic E-state index is 0.0297. The van der Waals surface area contributed by atoms with Crippen LogP contribution in [0.5, 0.6) is 0 Å². The SMILES string of the molecule is CCOC(=O)N1N=C(c2ccccc2)[C@@H](Br)C[C@@H]1OCC. The molecule has 0 saturated heterocycles. The molecule has 1 aromatic carbocycles. The molecule has 114 valence electrons. The number of hydrogen-bond donors (Lipinski definition) is 0. The molecule has 1 heterocycles. The summed E-state index contributed by atoms with van der Waals surface area (Å²) >= 11 is 3.63. The van der Waals surface area contributed by atoms with Crippen molar-refractivity contribution in [2.45, 2.75) is 31.3 Å². The van der Waals surface area contributed by atoms with Crippen LogP contribution in [-0.4, -0.2) is 41.1 Å². The Hall–Kier alpha value is -1.40. The molecule has 1 aliphatic rings. The molecule has 2 atom stereocenters. The number of carbonyl (C=O) groups excluding carboxylic acids is 1. The smallest absolute Gasteiger partial charge is 0.432 e. The summed E-state index contributed by atoms with van der Waals surface area (Å²) < 4.78 is 10.7. The average Bonchev–Trinajstić information content (AvgIpc) is 2.49. The Morgan fingerprint density at radius 1 is 1.33 bits per heavy atom. The first kappa shape index (κ1) is 16.0. The molecule has 1 amide bonds. The number of ether oxygens (including phenoxy) is 2. The Labute approximate surface area is 133 Å². The van der Waals surface area contributed by atoms with Crippen LogP contribution in [0.2, 0.25) is 0 Å². The maximum Gasteiger partial charge on any atom is 0.432 e. The van der Waals surface area contributed by atoms with Gasteiger partial charge in [0, 0.05) is 13.0 Å². The summed E-state index contributed by atoms with van der Waals surface area (Å²) in [5.41, 5.74) is 1.78. The van der Waals surface area contributed by atoms with Crippen molar-refractivity contribution in [3.63, 3.8) is 0 Å². The lowest BCUT2D eigenvalue weighted by atomic mass is 10.0. The first-order valence-corrected chi connectivity index (χ1v) is 7.94. The number of carbonyl (C=O) groups is 1. The number of halogens is 1. The van der Waals surface area contributed by atoms with E-state index in [0.29, 0.717) is 19.6 Å². The van der Waals surface area contributed by atoms with Crippen molar-refractivity contribution in [1.82, 2.24) is 5.01 Å². The van der Waals surface area contributed by atoms with Crippen LogP contribution in [0, 0.1) is 0 Å². The summed E-state index contributed by atoms with van der Waals surface area (Å²) in [5.74, 6) is 0. The van der Waals surface area contributed by atoms with E-state index >= 15 is 0 Å². The van der Waals surface area contributed by atoms with Gasteiger partial charge >= 0.3 is 6.09 Å². The fraction of sp³-hybridized carbons (Fsp3) is 0.467. The molecule has 5 nitrogen and oxygen atoms in total. The molecular weight excluding hydrogens is 336 g/mol. The minimum atomic E-state index is -0.483. The standard InChI is InChI=1S/C15H19BrN2O3/c1-3-20-13-10-12(16)14(11-8-6-5-7-9-11)17-18(13)15(19)21-4-2/h5-9,12-13H,3-4,10H2,1-2H3/t12-,13-/m0/s1. The van der Waals surface area contributed by atoms with Crippen molar-refractivity contribution >= 4 is 27.7 Å². The molecule has 0 unspecified atom stereocenters. The van der Waals surface area contributed by atoms with Crippen molar-refractivity contribution in [3.05, 3.63) is 35.9 Å². The Morgan fingerprint density at radius 3 is 2.67 bits per heavy atom. The van der Waals surface area contributed by atoms with Gasteiger partial charge in [0.25, 0.3) is 0 Å². The van der Waals surface area contributed by atoms with E-state index in [2.05, 4.69) is 21.0 Å². The molecule has 0 aliphatic carbocycles. The second-order valence-corrected chi connectivity index (χ2v) is 5.61. The lowest BCUT2D eigenvalue weighted by molar-refractivity contribution is -0.0543. The van der Waals surface area contributed by atoms with Gasteiger partial charge in [0.05, 0.1) is 17.1 Å². The topological polar surface area (TPSA) is 51.1 Å². The third-order valence-electron chi connectivity index (χ3n) is 3.08. The van der Waals surface area contributed by atoms with Crippen molar-refractivity contribution in [2.75, 3.05) is 13.2 Å². The van der Waals surface area contributed by atoms with Crippen LogP contribution in [0.1, 0.15) is 25.8 Å². The predicted octanol–water partition coefficient (Wildman–Crippen LogP) is 3.38. The lowest BCUT2D eigenvalue weighted by Gasteiger charge is -2.33. The molecule has 0 aromatic heterocycles. The normalized spacial score (nSPS) is 21.9. The number of amides is 1. The Bertz CT molecular complexity index is 507. The van der Waals surface area contributed by atoms with E-state index < -0.39 is 12.3 Å². The molecule has 1 aromatic rings. The highest BCUT2D eigenvalue weighted by molar-refractivity contribution is 9.10. The van der Waals surface area contributed by atoms with Crippen LogP contribution < -0.4 is 0 Å². The number of alkyl halides is 1. The Morgan fingerprint density at radius 2 is 2.05 bits per heavy atom. The van der Waals surface area contributed by atoms with E-state index in [1.165, 1.54) is 5.01 Å². The zero-order chi connectivity index (χ0) is 15.2. The second kappa shape index (κ2) is 7.56. The largest absolute Gasteiger partial charge is 0.448 e. The molecular formula is C15H19BrN2O3. The number of rotatable bonds is 4. The summed E-state index contributed by atoms with van der Waals surface area (Å²) in [6, 6.07) is 9.78. The van der Waals surface area contributed by atoms with Gasteiger partial charge in [0.2, 0.25) is 0 Å². The molecule has 0 radical (unpaired) electrons. The minimum Gasteiger partial charge on any atom is -0.448 e. The molecule has 0 spiro atoms. The van der Waals surface area contributed by atoms with Gasteiger partial charge in [-0.3, -0.25) is 0 Å². The van der Waals surface area contributed by atoms with E-state index in [9.17, 15) is 4.79 Å². The summed E-state index contributed by atoms with van der Waals surface area (Å²) in [6.45, 7) is 4.48. The van der Waals surface area contributed by atoms with Crippen molar-refractivity contribution < 1.29 is 14.3 Å². The first-order valence-electron chi connectivity index (χ1n) is 7.03. The number of benzene rings is 1. The third-order valence-corrected chi connectivity index (χ3v) is 3.88. The van der Waals surface area contributed by atoms with Crippen LogP contribution in [0.25, 0.3) is 0 Å². The number of hydrogen-bond acceptors (Lipinski definition) is 4. The molecule has 21 heavy (non-hydrogen) atoms. The third kappa shape index (κ3) is 3.83. The molecule has 0 saturated carbocycles. The first-order chi connectivity index (χ1) is 10.2. The molecule has 2 rings (SSSR count). The number of hydrazone groups is 1. The van der Waals surface area contributed by atoms with E-state index in [0.717, 1.165) is 11.3 Å². The van der Waals surface area contributed by atoms with Crippen LogP contribution in [0.4, 0.5) is 4.79 Å². The van der Waals surface area contributed by atoms with Gasteiger partial charge < -0.3 is 9.47 Å². The van der Waals surface area contributed by atoms with Gasteiger partial charge in [0.15, 0.2) is 6.23 Å². The highest BCUT2D eigenvalue weighted by atomic mass is 79.9. The molecule has 1 aliphatic heterocycles. The van der Waals surface area contributed by atoms with E-state index in [4.69, 9.17) is 9.47 Å². The van der Waals surface area contributed by atoms with Gasteiger partial charge in [0.1, 0.15) is 0 Å². The van der Waals surface area contributed by atoms with Crippen molar-refractivity contribution in [3.8, 4) is 0 Å². The van der Waals surface area contributed by atoms with Gasteiger partial charge in [-0.15, -0.1) is 0 Å². The van der Waals surface area contributed by atoms with Crippen molar-refractivity contribution in [2.24, 2.45) is 5.10 Å². The van der Waals surface area contributed by atoms with Gasteiger partial charge in [-0.2, -0.15) is 10.1 Å². The zero-order valence-electron chi connectivity index (χ0n) is 12.2. The quantitative estimate of drug-likeness (QED) is 0.778. The van der Waals surface area contributed by atoms with Crippen LogP contribution in [0.15, 0.2) is 35.4 Å². The summed E-state index contributed by atoms with van der Waals surface area (Å²) in [6.07, 6.45) is -0.268. The summed E-state index contributed by atoms with van der Waals surface area (Å²) in [7, 11) is 0. The van der Waals surface area contributed by atoms with Crippen LogP contribution in [-0.2, 0) is 9.47 Å². The second-order valence-electron chi connectivity index (χ2n) is 4.51. The van der Waals surface area contributed by atoms with Crippen LogP contribution in [0.3, 0.4) is 0 Å². The average molecular weight is 355 g/mol. The van der Waals surface area contributed by atoms with Gasteiger partial charge in [-0.1, -0.05) is 46.3 Å². The lowest BCUT2D eigenvalue weighted by Crippen LogP contribution is -2.46. The highest BCUT2D eigenvalue weighted by Gasteiger charge is 2.34. The monoisotopic (exact) mass is 354 g/mol. The molecule has 0 bridgehead atoms. The molecule has 0 fully saturated rings. The fourth-order valence-electron chi connectivity index (χ4n) is 2.16. The fourth-order valence-corrected chi connectivity index (χ4v) is 2.83. The van der Waals surface area contributed by atoms with Gasteiger partial charge in [-0.05, 0) is 19.4 Å². The molecule has 6 heteroatoms. The Balaban J connectivity index is 2.32. The highest BCUT2D eigenvalue weighted by Crippen LogP contribution is 2.26. The van der Waals surface area contributed by atoms with E-state index in [1.807, 2.05) is 37.3 Å². The molecule has 0 N–H and O–H groups in total. The zero-order valence-corrected chi connectivity index (χ0v) is 13.7. The predicted molar refractivity (Wildman–Crippen MR) is 84.6 cm³/mol.